The molecule has 3 atom stereocenters. The van der Waals surface area contributed by atoms with Crippen LogP contribution in [-0.4, -0.2) is 45.9 Å². The number of hydrogen-bond acceptors (Lipinski definition) is 5. The Morgan fingerprint density at radius 3 is 2.61 bits per heavy atom. The van der Waals surface area contributed by atoms with Crippen LogP contribution in [0.25, 0.3) is 0 Å². The van der Waals surface area contributed by atoms with E-state index in [1.165, 1.54) is 5.01 Å². The summed E-state index contributed by atoms with van der Waals surface area (Å²) in [5.41, 5.74) is 4.10. The van der Waals surface area contributed by atoms with Gasteiger partial charge in [-0.15, -0.1) is 0 Å². The second-order valence-electron chi connectivity index (χ2n) is 5.75. The first-order chi connectivity index (χ1) is 11.0. The summed E-state index contributed by atoms with van der Waals surface area (Å²) in [6, 6.07) is 9.64. The maximum absolute atomic E-state index is 12.6. The Morgan fingerprint density at radius 1 is 1.30 bits per heavy atom. The number of nitrogens with one attached hydrogen (secondary N) is 2. The Bertz CT molecular complexity index is 659. The summed E-state index contributed by atoms with van der Waals surface area (Å²) < 4.78 is 0. The fourth-order valence-corrected chi connectivity index (χ4v) is 3.32. The van der Waals surface area contributed by atoms with Gasteiger partial charge in [0.25, 0.3) is 5.91 Å². The molecular formula is C16H19N3O4. The molecule has 1 amide bonds. The number of hydrazine groups is 1. The van der Waals surface area contributed by atoms with E-state index in [-0.39, 0.29) is 36.3 Å². The van der Waals surface area contributed by atoms with Crippen molar-refractivity contribution in [3.63, 3.8) is 0 Å². The average molecular weight is 317 g/mol. The van der Waals surface area contributed by atoms with Crippen LogP contribution in [0, 0.1) is 0 Å². The van der Waals surface area contributed by atoms with Crippen molar-refractivity contribution in [1.82, 2.24) is 15.8 Å². The molecule has 0 spiro atoms. The lowest BCUT2D eigenvalue weighted by Gasteiger charge is -2.34. The Balaban J connectivity index is 2.00. The van der Waals surface area contributed by atoms with Crippen molar-refractivity contribution >= 4 is 11.9 Å². The van der Waals surface area contributed by atoms with E-state index in [2.05, 4.69) is 10.7 Å². The van der Waals surface area contributed by atoms with E-state index in [4.69, 9.17) is 5.11 Å². The molecule has 7 nitrogen and oxygen atoms in total. The molecule has 1 aromatic carbocycles. The van der Waals surface area contributed by atoms with Crippen molar-refractivity contribution in [2.45, 2.75) is 31.5 Å². The second-order valence-corrected chi connectivity index (χ2v) is 5.75. The van der Waals surface area contributed by atoms with Gasteiger partial charge in [0, 0.05) is 25.0 Å². The first-order valence-corrected chi connectivity index (χ1v) is 7.53. The van der Waals surface area contributed by atoms with Crippen LogP contribution in [0.15, 0.2) is 41.6 Å². The zero-order chi connectivity index (χ0) is 16.6. The molecular weight excluding hydrogens is 298 g/mol. The number of carbonyl (C=O) groups excluding carboxylic acids is 1. The van der Waals surface area contributed by atoms with Crippen LogP contribution in [-0.2, 0) is 9.59 Å². The standard InChI is InChI=1S/C16H19N3O4/c1-9-12(10-5-3-2-4-6-10)14-17-13(16(22)23)11(7-8-20)15(21)19(14)18-9/h2-6,9,12,14,17-18,20H,7-8H2,1H3,(H,22,23). The van der Waals surface area contributed by atoms with Crippen molar-refractivity contribution in [3.8, 4) is 0 Å². The van der Waals surface area contributed by atoms with Gasteiger partial charge in [-0.25, -0.2) is 10.2 Å². The quantitative estimate of drug-likeness (QED) is 0.631. The number of fused-ring (bicyclic) bond motifs is 1. The third-order valence-corrected chi connectivity index (χ3v) is 4.33. The molecule has 3 unspecified atom stereocenters. The van der Waals surface area contributed by atoms with Crippen LogP contribution in [0.2, 0.25) is 0 Å². The molecule has 1 aromatic rings. The maximum atomic E-state index is 12.6. The number of carboxylic acids is 1. The summed E-state index contributed by atoms with van der Waals surface area (Å²) in [6.45, 7) is 1.67. The second kappa shape index (κ2) is 6.02. The summed E-state index contributed by atoms with van der Waals surface area (Å²) in [5.74, 6) is -1.66. The Labute approximate surface area is 133 Å². The number of benzene rings is 1. The number of aliphatic carboxylic acids is 1. The van der Waals surface area contributed by atoms with E-state index in [9.17, 15) is 14.7 Å². The molecule has 23 heavy (non-hydrogen) atoms. The molecule has 2 aliphatic rings. The zero-order valence-corrected chi connectivity index (χ0v) is 12.7. The van der Waals surface area contributed by atoms with Gasteiger partial charge < -0.3 is 15.5 Å². The number of aliphatic hydroxyl groups is 1. The van der Waals surface area contributed by atoms with Gasteiger partial charge >= 0.3 is 5.97 Å². The van der Waals surface area contributed by atoms with Gasteiger partial charge in [0.05, 0.1) is 5.57 Å². The molecule has 4 N–H and O–H groups in total. The van der Waals surface area contributed by atoms with Gasteiger partial charge in [0.2, 0.25) is 0 Å². The van der Waals surface area contributed by atoms with Gasteiger partial charge in [-0.1, -0.05) is 30.3 Å². The number of carbonyl (C=O) groups is 2. The first-order valence-electron chi connectivity index (χ1n) is 7.53. The highest BCUT2D eigenvalue weighted by Crippen LogP contribution is 2.35. The third kappa shape index (κ3) is 2.58. The van der Waals surface area contributed by atoms with Gasteiger partial charge in [-0.2, -0.15) is 0 Å². The smallest absolute Gasteiger partial charge is 0.352 e. The average Bonchev–Trinajstić information content (AvgIpc) is 2.87. The third-order valence-electron chi connectivity index (χ3n) is 4.33. The molecule has 2 heterocycles. The minimum Gasteiger partial charge on any atom is -0.477 e. The van der Waals surface area contributed by atoms with Crippen LogP contribution in [0.5, 0.6) is 0 Å². The number of nitrogens with zero attached hydrogens (tertiary/aromatic N) is 1. The van der Waals surface area contributed by atoms with E-state index in [1.807, 2.05) is 37.3 Å². The molecule has 0 bridgehead atoms. The number of amides is 1. The summed E-state index contributed by atoms with van der Waals surface area (Å²) in [7, 11) is 0. The molecule has 3 rings (SSSR count). The number of hydrogen-bond donors (Lipinski definition) is 4. The molecule has 1 fully saturated rings. The highest BCUT2D eigenvalue weighted by molar-refractivity contribution is 6.03. The van der Waals surface area contributed by atoms with Crippen LogP contribution < -0.4 is 10.7 Å². The number of rotatable bonds is 4. The lowest BCUT2D eigenvalue weighted by atomic mass is 9.90. The molecule has 0 aromatic heterocycles. The van der Waals surface area contributed by atoms with Crippen LogP contribution in [0.3, 0.4) is 0 Å². The minimum absolute atomic E-state index is 0.00273. The largest absolute Gasteiger partial charge is 0.477 e. The summed E-state index contributed by atoms with van der Waals surface area (Å²) >= 11 is 0. The topological polar surface area (TPSA) is 102 Å². The van der Waals surface area contributed by atoms with Gasteiger partial charge in [0.15, 0.2) is 0 Å². The molecule has 2 aliphatic heterocycles. The summed E-state index contributed by atoms with van der Waals surface area (Å²) in [4.78, 5) is 24.1. The van der Waals surface area contributed by atoms with Crippen molar-refractivity contribution in [2.24, 2.45) is 0 Å². The molecule has 0 saturated carbocycles. The van der Waals surface area contributed by atoms with E-state index in [1.54, 1.807) is 0 Å². The van der Waals surface area contributed by atoms with Gasteiger partial charge in [0.1, 0.15) is 11.9 Å². The molecule has 0 radical (unpaired) electrons. The van der Waals surface area contributed by atoms with E-state index < -0.39 is 18.0 Å². The van der Waals surface area contributed by atoms with Crippen molar-refractivity contribution in [2.75, 3.05) is 6.61 Å². The highest BCUT2D eigenvalue weighted by Gasteiger charge is 2.47. The Morgan fingerprint density at radius 2 is 2.00 bits per heavy atom. The summed E-state index contributed by atoms with van der Waals surface area (Å²) in [5, 5.41) is 22.9. The summed E-state index contributed by atoms with van der Waals surface area (Å²) in [6.07, 6.45) is -0.476. The fourth-order valence-electron chi connectivity index (χ4n) is 3.32. The zero-order valence-electron chi connectivity index (χ0n) is 12.7. The number of aliphatic hydroxyl groups excluding tert-OH is 1. The van der Waals surface area contributed by atoms with Crippen molar-refractivity contribution in [1.29, 1.82) is 0 Å². The predicted molar refractivity (Wildman–Crippen MR) is 81.9 cm³/mol. The van der Waals surface area contributed by atoms with E-state index in [0.29, 0.717) is 0 Å². The highest BCUT2D eigenvalue weighted by atomic mass is 16.4. The fraction of sp³-hybridized carbons (Fsp3) is 0.375. The molecule has 122 valence electrons. The van der Waals surface area contributed by atoms with Crippen LogP contribution in [0.1, 0.15) is 24.8 Å². The van der Waals surface area contributed by atoms with Gasteiger partial charge in [-0.05, 0) is 12.5 Å². The monoisotopic (exact) mass is 317 g/mol. The molecule has 0 aliphatic carbocycles. The Kier molecular flexibility index (Phi) is 4.06. The SMILES string of the molecule is CC1NN2C(=O)C(CCO)=C(C(=O)O)NC2C1c1ccccc1. The Hall–Kier alpha value is -2.38. The van der Waals surface area contributed by atoms with E-state index >= 15 is 0 Å². The van der Waals surface area contributed by atoms with Crippen LogP contribution in [0.4, 0.5) is 0 Å². The lowest BCUT2D eigenvalue weighted by Crippen LogP contribution is -2.56. The van der Waals surface area contributed by atoms with Crippen molar-refractivity contribution < 1.29 is 19.8 Å². The van der Waals surface area contributed by atoms with Gasteiger partial charge in [-0.3, -0.25) is 9.80 Å². The van der Waals surface area contributed by atoms with Crippen molar-refractivity contribution in [3.05, 3.63) is 47.2 Å². The maximum Gasteiger partial charge on any atom is 0.352 e. The number of carboxylic acid groups (broad SMARTS) is 1. The molecule has 1 saturated heterocycles. The lowest BCUT2D eigenvalue weighted by molar-refractivity contribution is -0.138. The van der Waals surface area contributed by atoms with E-state index in [0.717, 1.165) is 5.56 Å². The minimum atomic E-state index is -1.19. The first kappa shape index (κ1) is 15.5. The normalized spacial score (nSPS) is 27.0. The predicted octanol–water partition coefficient (Wildman–Crippen LogP) is 0.156. The van der Waals surface area contributed by atoms with Crippen LogP contribution >= 0.6 is 0 Å². The molecule has 7 heteroatoms.